The fourth-order valence-electron chi connectivity index (χ4n) is 2.92. The Balaban J connectivity index is 1.48. The SMILES string of the molecule is O=C(CCC1Cc2ccccc2NC1=O)NCC1(C(=O)O)CC1. The number of hydrogen-bond donors (Lipinski definition) is 3. The first-order chi connectivity index (χ1) is 11.0. The standard InChI is InChI=1S/C17H20N2O4/c20-14(18-10-17(7-8-17)16(22)23)6-5-12-9-11-3-1-2-4-13(11)19-15(12)21/h1-4,12H,5-10H2,(H,18,20)(H,19,21)(H,22,23). The van der Waals surface area contributed by atoms with Crippen LogP contribution in [0.15, 0.2) is 24.3 Å². The Labute approximate surface area is 134 Å². The molecule has 1 aliphatic heterocycles. The number of carboxylic acid groups (broad SMARTS) is 1. The van der Waals surface area contributed by atoms with Gasteiger partial charge in [0.25, 0.3) is 0 Å². The summed E-state index contributed by atoms with van der Waals surface area (Å²) in [6, 6.07) is 7.66. The number of anilines is 1. The van der Waals surface area contributed by atoms with E-state index in [0.717, 1.165) is 11.3 Å². The minimum Gasteiger partial charge on any atom is -0.481 e. The summed E-state index contributed by atoms with van der Waals surface area (Å²) in [5.74, 6) is -1.31. The van der Waals surface area contributed by atoms with E-state index in [4.69, 9.17) is 5.11 Å². The van der Waals surface area contributed by atoms with Gasteiger partial charge in [-0.25, -0.2) is 0 Å². The van der Waals surface area contributed by atoms with Gasteiger partial charge in [-0.05, 0) is 37.3 Å². The van der Waals surface area contributed by atoms with E-state index in [1.54, 1.807) is 0 Å². The smallest absolute Gasteiger partial charge is 0.311 e. The summed E-state index contributed by atoms with van der Waals surface area (Å²) in [7, 11) is 0. The molecule has 1 aromatic carbocycles. The second-order valence-corrected chi connectivity index (χ2v) is 6.45. The number of nitrogens with one attached hydrogen (secondary N) is 2. The van der Waals surface area contributed by atoms with Crippen LogP contribution in [0, 0.1) is 11.3 Å². The summed E-state index contributed by atoms with van der Waals surface area (Å²) < 4.78 is 0. The molecule has 2 aliphatic rings. The summed E-state index contributed by atoms with van der Waals surface area (Å²) in [4.78, 5) is 35.0. The summed E-state index contributed by atoms with van der Waals surface area (Å²) in [6.07, 6.45) is 2.56. The number of hydrogen-bond acceptors (Lipinski definition) is 3. The second kappa shape index (κ2) is 6.02. The number of para-hydroxylation sites is 1. The maximum atomic E-state index is 12.1. The number of carbonyl (C=O) groups is 3. The van der Waals surface area contributed by atoms with Crippen molar-refractivity contribution in [3.05, 3.63) is 29.8 Å². The molecule has 1 fully saturated rings. The number of carboxylic acids is 1. The normalized spacial score (nSPS) is 21.0. The Morgan fingerprint density at radius 3 is 2.74 bits per heavy atom. The van der Waals surface area contributed by atoms with Crippen LogP contribution >= 0.6 is 0 Å². The van der Waals surface area contributed by atoms with Crippen LogP contribution in [0.25, 0.3) is 0 Å². The van der Waals surface area contributed by atoms with E-state index in [1.165, 1.54) is 0 Å². The van der Waals surface area contributed by atoms with Crippen molar-refractivity contribution in [1.29, 1.82) is 0 Å². The summed E-state index contributed by atoms with van der Waals surface area (Å²) in [5.41, 5.74) is 1.17. The molecule has 122 valence electrons. The average Bonchev–Trinajstić information content (AvgIpc) is 3.32. The third-order valence-corrected chi connectivity index (χ3v) is 4.76. The minimum atomic E-state index is -0.846. The zero-order valence-electron chi connectivity index (χ0n) is 12.8. The van der Waals surface area contributed by atoms with Crippen molar-refractivity contribution < 1.29 is 19.5 Å². The fourth-order valence-corrected chi connectivity index (χ4v) is 2.92. The maximum absolute atomic E-state index is 12.1. The molecule has 1 aromatic rings. The second-order valence-electron chi connectivity index (χ2n) is 6.45. The number of rotatable bonds is 6. The van der Waals surface area contributed by atoms with Gasteiger partial charge >= 0.3 is 5.97 Å². The highest BCUT2D eigenvalue weighted by molar-refractivity contribution is 5.96. The van der Waals surface area contributed by atoms with Gasteiger partial charge < -0.3 is 15.7 Å². The highest BCUT2D eigenvalue weighted by atomic mass is 16.4. The van der Waals surface area contributed by atoms with Gasteiger partial charge in [0, 0.05) is 24.6 Å². The Bertz CT molecular complexity index is 652. The van der Waals surface area contributed by atoms with Crippen LogP contribution < -0.4 is 10.6 Å². The molecule has 6 heteroatoms. The number of fused-ring (bicyclic) bond motifs is 1. The van der Waals surface area contributed by atoms with Gasteiger partial charge in [-0.1, -0.05) is 18.2 Å². The van der Waals surface area contributed by atoms with Gasteiger partial charge in [-0.15, -0.1) is 0 Å². The van der Waals surface area contributed by atoms with Crippen LogP contribution in [0.4, 0.5) is 5.69 Å². The first-order valence-electron chi connectivity index (χ1n) is 7.89. The Morgan fingerprint density at radius 2 is 2.04 bits per heavy atom. The third-order valence-electron chi connectivity index (χ3n) is 4.76. The van der Waals surface area contributed by atoms with Gasteiger partial charge in [0.1, 0.15) is 0 Å². The molecule has 6 nitrogen and oxygen atoms in total. The number of aliphatic carboxylic acids is 1. The van der Waals surface area contributed by atoms with Crippen LogP contribution in [0.3, 0.4) is 0 Å². The van der Waals surface area contributed by atoms with Gasteiger partial charge in [-0.3, -0.25) is 14.4 Å². The average molecular weight is 316 g/mol. The molecule has 1 heterocycles. The topological polar surface area (TPSA) is 95.5 Å². The molecule has 0 aromatic heterocycles. The van der Waals surface area contributed by atoms with E-state index in [0.29, 0.717) is 25.7 Å². The highest BCUT2D eigenvalue weighted by Crippen LogP contribution is 2.45. The molecule has 0 saturated heterocycles. The van der Waals surface area contributed by atoms with E-state index in [2.05, 4.69) is 10.6 Å². The van der Waals surface area contributed by atoms with Crippen LogP contribution in [0.1, 0.15) is 31.2 Å². The molecule has 2 amide bonds. The van der Waals surface area contributed by atoms with Crippen molar-refractivity contribution in [3.63, 3.8) is 0 Å². The first-order valence-corrected chi connectivity index (χ1v) is 7.89. The molecule has 1 unspecified atom stereocenters. The predicted octanol–water partition coefficient (Wildman–Crippen LogP) is 1.56. The summed E-state index contributed by atoms with van der Waals surface area (Å²) >= 11 is 0. The fraction of sp³-hybridized carbons (Fsp3) is 0.471. The zero-order valence-corrected chi connectivity index (χ0v) is 12.8. The molecular formula is C17H20N2O4. The van der Waals surface area contributed by atoms with Crippen LogP contribution in [-0.2, 0) is 20.8 Å². The molecule has 1 atom stereocenters. The predicted molar refractivity (Wildman–Crippen MR) is 83.8 cm³/mol. The van der Waals surface area contributed by atoms with Gasteiger partial charge in [0.15, 0.2) is 0 Å². The van der Waals surface area contributed by atoms with Crippen molar-refractivity contribution in [1.82, 2.24) is 5.32 Å². The molecule has 0 radical (unpaired) electrons. The van der Waals surface area contributed by atoms with Crippen molar-refractivity contribution in [2.24, 2.45) is 11.3 Å². The van der Waals surface area contributed by atoms with Crippen molar-refractivity contribution in [2.75, 3.05) is 11.9 Å². The monoisotopic (exact) mass is 316 g/mol. The molecule has 1 aliphatic carbocycles. The largest absolute Gasteiger partial charge is 0.481 e. The molecule has 0 spiro atoms. The molecule has 0 bridgehead atoms. The number of carbonyl (C=O) groups excluding carboxylic acids is 2. The number of amides is 2. The Kier molecular flexibility index (Phi) is 4.07. The number of benzene rings is 1. The molecular weight excluding hydrogens is 296 g/mol. The lowest BCUT2D eigenvalue weighted by molar-refractivity contribution is -0.143. The molecule has 3 N–H and O–H groups in total. The first kappa shape index (κ1) is 15.5. The third kappa shape index (κ3) is 3.36. The minimum absolute atomic E-state index is 0.0549. The Hall–Kier alpha value is -2.37. The zero-order chi connectivity index (χ0) is 16.4. The summed E-state index contributed by atoms with van der Waals surface area (Å²) in [6.45, 7) is 0.181. The Morgan fingerprint density at radius 1 is 1.30 bits per heavy atom. The van der Waals surface area contributed by atoms with E-state index in [-0.39, 0.29) is 30.7 Å². The van der Waals surface area contributed by atoms with Crippen LogP contribution in [-0.4, -0.2) is 29.4 Å². The molecule has 23 heavy (non-hydrogen) atoms. The molecule has 1 saturated carbocycles. The van der Waals surface area contributed by atoms with Gasteiger partial charge in [0.05, 0.1) is 5.41 Å². The maximum Gasteiger partial charge on any atom is 0.311 e. The quantitative estimate of drug-likeness (QED) is 0.742. The van der Waals surface area contributed by atoms with Crippen molar-refractivity contribution in [3.8, 4) is 0 Å². The van der Waals surface area contributed by atoms with Gasteiger partial charge in [-0.2, -0.15) is 0 Å². The van der Waals surface area contributed by atoms with E-state index >= 15 is 0 Å². The van der Waals surface area contributed by atoms with Gasteiger partial charge in [0.2, 0.25) is 11.8 Å². The van der Waals surface area contributed by atoms with E-state index in [1.807, 2.05) is 24.3 Å². The van der Waals surface area contributed by atoms with Crippen LogP contribution in [0.5, 0.6) is 0 Å². The summed E-state index contributed by atoms with van der Waals surface area (Å²) in [5, 5.41) is 14.6. The van der Waals surface area contributed by atoms with Crippen molar-refractivity contribution in [2.45, 2.75) is 32.1 Å². The highest BCUT2D eigenvalue weighted by Gasteiger charge is 2.50. The lowest BCUT2D eigenvalue weighted by Gasteiger charge is -2.24. The van der Waals surface area contributed by atoms with Crippen LogP contribution in [0.2, 0.25) is 0 Å². The molecule has 3 rings (SSSR count). The lowest BCUT2D eigenvalue weighted by atomic mass is 9.89. The lowest BCUT2D eigenvalue weighted by Crippen LogP contribution is -2.35. The van der Waals surface area contributed by atoms with Crippen molar-refractivity contribution >= 4 is 23.5 Å². The van der Waals surface area contributed by atoms with E-state index < -0.39 is 11.4 Å². The van der Waals surface area contributed by atoms with E-state index in [9.17, 15) is 14.4 Å².